The van der Waals surface area contributed by atoms with Crippen LogP contribution >= 0.6 is 0 Å². The second kappa shape index (κ2) is 7.58. The van der Waals surface area contributed by atoms with Gasteiger partial charge in [0, 0.05) is 25.3 Å². The molecule has 0 saturated heterocycles. The van der Waals surface area contributed by atoms with E-state index in [9.17, 15) is 9.18 Å². The molecule has 1 N–H and O–H groups in total. The number of anilines is 1. The third kappa shape index (κ3) is 3.32. The van der Waals surface area contributed by atoms with E-state index in [2.05, 4.69) is 29.1 Å². The fourth-order valence-electron chi connectivity index (χ4n) is 3.59. The van der Waals surface area contributed by atoms with E-state index in [1.165, 1.54) is 12.1 Å². The van der Waals surface area contributed by atoms with Crippen LogP contribution in [0.15, 0.2) is 41.3 Å². The van der Waals surface area contributed by atoms with Gasteiger partial charge in [0.15, 0.2) is 0 Å². The van der Waals surface area contributed by atoms with Crippen LogP contribution in [0.5, 0.6) is 0 Å². The lowest BCUT2D eigenvalue weighted by molar-refractivity contribution is 0.358. The minimum absolute atomic E-state index is 0.0589. The van der Waals surface area contributed by atoms with E-state index in [1.54, 1.807) is 23.0 Å². The van der Waals surface area contributed by atoms with Crippen molar-refractivity contribution in [2.24, 2.45) is 0 Å². The Bertz CT molecular complexity index is 1040. The number of hydrogen-bond donors (Lipinski definition) is 1. The Morgan fingerprint density at radius 1 is 1.14 bits per heavy atom. The van der Waals surface area contributed by atoms with Gasteiger partial charge >= 0.3 is 0 Å². The summed E-state index contributed by atoms with van der Waals surface area (Å²) in [4.78, 5) is 22.2. The van der Waals surface area contributed by atoms with E-state index >= 15 is 0 Å². The molecule has 0 amide bonds. The van der Waals surface area contributed by atoms with Gasteiger partial charge < -0.3 is 5.32 Å². The molecular weight excluding hydrogens is 357 g/mol. The molecule has 146 valence electrons. The maximum atomic E-state index is 13.4. The van der Waals surface area contributed by atoms with E-state index < -0.39 is 0 Å². The molecule has 6 nitrogen and oxygen atoms in total. The standard InChI is InChI=1S/C21H24FN5O/c1-3-14(2)24-21-23-11-10-17(25-21)19-18(15-6-8-16(22)9-7-15)20(28)27-13-5-4-12-26(19)27/h6-11,14H,3-5,12-13H2,1-2H3,(H,23,24,25)/t14-/m0/s1. The van der Waals surface area contributed by atoms with Crippen LogP contribution in [0, 0.1) is 5.82 Å². The highest BCUT2D eigenvalue weighted by Gasteiger charge is 2.25. The predicted octanol–water partition coefficient (Wildman–Crippen LogP) is 3.92. The van der Waals surface area contributed by atoms with Gasteiger partial charge in [0.25, 0.3) is 5.56 Å². The van der Waals surface area contributed by atoms with Gasteiger partial charge in [0.05, 0.1) is 17.0 Å². The summed E-state index contributed by atoms with van der Waals surface area (Å²) in [6.45, 7) is 5.60. The summed E-state index contributed by atoms with van der Waals surface area (Å²) in [6, 6.07) is 8.15. The largest absolute Gasteiger partial charge is 0.352 e. The third-order valence-electron chi connectivity index (χ3n) is 5.24. The molecule has 1 aliphatic rings. The van der Waals surface area contributed by atoms with Crippen molar-refractivity contribution in [3.05, 3.63) is 52.7 Å². The molecule has 2 aromatic heterocycles. The van der Waals surface area contributed by atoms with Crippen LogP contribution in [0.1, 0.15) is 33.1 Å². The molecule has 0 radical (unpaired) electrons. The highest BCUT2D eigenvalue weighted by molar-refractivity contribution is 5.79. The van der Waals surface area contributed by atoms with Crippen molar-refractivity contribution in [3.63, 3.8) is 0 Å². The van der Waals surface area contributed by atoms with Crippen molar-refractivity contribution in [3.8, 4) is 22.5 Å². The summed E-state index contributed by atoms with van der Waals surface area (Å²) in [5, 5.41) is 3.29. The van der Waals surface area contributed by atoms with Crippen LogP contribution in [0.3, 0.4) is 0 Å². The number of nitrogens with one attached hydrogen (secondary N) is 1. The van der Waals surface area contributed by atoms with E-state index in [-0.39, 0.29) is 17.4 Å². The van der Waals surface area contributed by atoms with Crippen LogP contribution in [-0.2, 0) is 13.1 Å². The van der Waals surface area contributed by atoms with Crippen molar-refractivity contribution in [1.82, 2.24) is 19.3 Å². The molecule has 0 fully saturated rings. The van der Waals surface area contributed by atoms with Gasteiger partial charge in [-0.25, -0.2) is 19.0 Å². The van der Waals surface area contributed by atoms with Gasteiger partial charge in [0.2, 0.25) is 5.95 Å². The summed E-state index contributed by atoms with van der Waals surface area (Å²) < 4.78 is 17.2. The number of aromatic nitrogens is 4. The number of fused-ring (bicyclic) bond motifs is 1. The molecular formula is C21H24FN5O. The average molecular weight is 381 g/mol. The molecule has 4 rings (SSSR count). The summed E-state index contributed by atoms with van der Waals surface area (Å²) in [5.41, 5.74) is 2.67. The normalized spacial score (nSPS) is 14.5. The lowest BCUT2D eigenvalue weighted by atomic mass is 10.0. The quantitative estimate of drug-likeness (QED) is 0.728. The number of benzene rings is 1. The van der Waals surface area contributed by atoms with Crippen LogP contribution in [0.25, 0.3) is 22.5 Å². The summed E-state index contributed by atoms with van der Waals surface area (Å²) in [7, 11) is 0. The minimum atomic E-state index is -0.323. The SMILES string of the molecule is CC[C@H](C)Nc1nccc(-c2c(-c3ccc(F)cc3)c(=O)n3n2CCCC3)n1. The zero-order valence-electron chi connectivity index (χ0n) is 16.2. The molecule has 7 heteroatoms. The highest BCUT2D eigenvalue weighted by Crippen LogP contribution is 2.31. The second-order valence-corrected chi connectivity index (χ2v) is 7.21. The second-order valence-electron chi connectivity index (χ2n) is 7.21. The zero-order valence-corrected chi connectivity index (χ0v) is 16.2. The van der Waals surface area contributed by atoms with E-state index in [1.807, 2.05) is 10.7 Å². The van der Waals surface area contributed by atoms with Gasteiger partial charge in [-0.1, -0.05) is 19.1 Å². The number of halogens is 1. The molecule has 28 heavy (non-hydrogen) atoms. The number of rotatable bonds is 5. The Morgan fingerprint density at radius 2 is 1.86 bits per heavy atom. The van der Waals surface area contributed by atoms with Crippen molar-refractivity contribution < 1.29 is 4.39 Å². The Morgan fingerprint density at radius 3 is 2.57 bits per heavy atom. The molecule has 1 aliphatic heterocycles. The van der Waals surface area contributed by atoms with Gasteiger partial charge in [-0.05, 0) is 49.9 Å². The van der Waals surface area contributed by atoms with Crippen LogP contribution < -0.4 is 10.9 Å². The Balaban J connectivity index is 1.90. The molecule has 3 aromatic rings. The summed E-state index contributed by atoms with van der Waals surface area (Å²) >= 11 is 0. The van der Waals surface area contributed by atoms with E-state index in [0.29, 0.717) is 29.3 Å². The Kier molecular flexibility index (Phi) is 4.98. The van der Waals surface area contributed by atoms with Gasteiger partial charge in [0.1, 0.15) is 5.82 Å². The van der Waals surface area contributed by atoms with Gasteiger partial charge in [-0.15, -0.1) is 0 Å². The molecule has 1 aromatic carbocycles. The predicted molar refractivity (Wildman–Crippen MR) is 108 cm³/mol. The third-order valence-corrected chi connectivity index (χ3v) is 5.24. The first-order valence-electron chi connectivity index (χ1n) is 9.78. The molecule has 1 atom stereocenters. The average Bonchev–Trinajstić information content (AvgIpc) is 3.01. The van der Waals surface area contributed by atoms with Gasteiger partial charge in [-0.3, -0.25) is 9.48 Å². The number of nitrogens with zero attached hydrogens (tertiary/aromatic N) is 4. The molecule has 3 heterocycles. The number of hydrogen-bond acceptors (Lipinski definition) is 4. The first-order chi connectivity index (χ1) is 13.6. The van der Waals surface area contributed by atoms with Crippen molar-refractivity contribution >= 4 is 5.95 Å². The molecule has 0 spiro atoms. The van der Waals surface area contributed by atoms with Crippen LogP contribution in [-0.4, -0.2) is 25.4 Å². The Hall–Kier alpha value is -2.96. The van der Waals surface area contributed by atoms with E-state index in [0.717, 1.165) is 31.5 Å². The van der Waals surface area contributed by atoms with E-state index in [4.69, 9.17) is 0 Å². The maximum Gasteiger partial charge on any atom is 0.275 e. The van der Waals surface area contributed by atoms with Crippen LogP contribution in [0.4, 0.5) is 10.3 Å². The van der Waals surface area contributed by atoms with Crippen molar-refractivity contribution in [1.29, 1.82) is 0 Å². The van der Waals surface area contributed by atoms with Crippen molar-refractivity contribution in [2.75, 3.05) is 5.32 Å². The minimum Gasteiger partial charge on any atom is -0.352 e. The summed E-state index contributed by atoms with van der Waals surface area (Å²) in [6.07, 6.45) is 4.64. The molecule has 0 aliphatic carbocycles. The first-order valence-corrected chi connectivity index (χ1v) is 9.78. The van der Waals surface area contributed by atoms with Crippen molar-refractivity contribution in [2.45, 2.75) is 52.2 Å². The lowest BCUT2D eigenvalue weighted by Crippen LogP contribution is -2.27. The summed E-state index contributed by atoms with van der Waals surface area (Å²) in [5.74, 6) is 0.220. The zero-order chi connectivity index (χ0) is 19.7. The fraction of sp³-hybridized carbons (Fsp3) is 0.381. The first kappa shape index (κ1) is 18.4. The highest BCUT2D eigenvalue weighted by atomic mass is 19.1. The fourth-order valence-corrected chi connectivity index (χ4v) is 3.59. The lowest BCUT2D eigenvalue weighted by Gasteiger charge is -2.19. The van der Waals surface area contributed by atoms with Gasteiger partial charge in [-0.2, -0.15) is 0 Å². The molecule has 0 saturated carbocycles. The maximum absolute atomic E-state index is 13.4. The Labute approximate surface area is 163 Å². The smallest absolute Gasteiger partial charge is 0.275 e. The molecule has 0 bridgehead atoms. The van der Waals surface area contributed by atoms with Crippen LogP contribution in [0.2, 0.25) is 0 Å². The topological polar surface area (TPSA) is 64.7 Å². The molecule has 0 unspecified atom stereocenters. The monoisotopic (exact) mass is 381 g/mol.